The number of nitrogens with one attached hydrogen (secondary N) is 1. The van der Waals surface area contributed by atoms with Crippen LogP contribution >= 0.6 is 0 Å². The molecule has 0 bridgehead atoms. The molecule has 0 aromatic carbocycles. The second-order valence-corrected chi connectivity index (χ2v) is 4.79. The van der Waals surface area contributed by atoms with E-state index in [0.717, 1.165) is 38.0 Å². The molecule has 2 rings (SSSR count). The van der Waals surface area contributed by atoms with Crippen molar-refractivity contribution in [3.63, 3.8) is 0 Å². The van der Waals surface area contributed by atoms with E-state index in [0.29, 0.717) is 13.1 Å². The van der Waals surface area contributed by atoms with Gasteiger partial charge in [0, 0.05) is 31.7 Å². The Morgan fingerprint density at radius 2 is 2.50 bits per heavy atom. The summed E-state index contributed by atoms with van der Waals surface area (Å²) in [6, 6.07) is 1.97. The zero-order valence-corrected chi connectivity index (χ0v) is 10.6. The molecule has 5 heteroatoms. The number of carbonyl (C=O) groups is 1. The number of furan rings is 1. The van der Waals surface area contributed by atoms with Gasteiger partial charge in [-0.3, -0.25) is 9.69 Å². The highest BCUT2D eigenvalue weighted by Gasteiger charge is 2.25. The number of hydrogen-bond acceptors (Lipinski definition) is 4. The molecule has 1 aromatic heterocycles. The number of rotatable bonds is 5. The molecule has 1 saturated heterocycles. The summed E-state index contributed by atoms with van der Waals surface area (Å²) in [7, 11) is 0. The third kappa shape index (κ3) is 3.58. The van der Waals surface area contributed by atoms with Crippen molar-refractivity contribution in [3.8, 4) is 0 Å². The Morgan fingerprint density at radius 1 is 1.61 bits per heavy atom. The molecule has 5 nitrogen and oxygen atoms in total. The number of likely N-dealkylation sites (tertiary alicyclic amines) is 1. The predicted molar refractivity (Wildman–Crippen MR) is 68.8 cm³/mol. The number of carbonyl (C=O) groups excluding carboxylic acids is 1. The molecule has 1 aliphatic heterocycles. The van der Waals surface area contributed by atoms with Crippen LogP contribution in [-0.4, -0.2) is 37.0 Å². The number of nitrogens with two attached hydrogens (primary N) is 1. The van der Waals surface area contributed by atoms with Crippen molar-refractivity contribution < 1.29 is 9.21 Å². The average Bonchev–Trinajstić information content (AvgIpc) is 2.89. The van der Waals surface area contributed by atoms with Gasteiger partial charge >= 0.3 is 0 Å². The molecule has 0 spiro atoms. The van der Waals surface area contributed by atoms with Gasteiger partial charge in [-0.25, -0.2) is 0 Å². The Labute approximate surface area is 107 Å². The van der Waals surface area contributed by atoms with Gasteiger partial charge < -0.3 is 15.5 Å². The first-order chi connectivity index (χ1) is 8.79. The van der Waals surface area contributed by atoms with Crippen molar-refractivity contribution in [3.05, 3.63) is 24.2 Å². The Kier molecular flexibility index (Phi) is 4.78. The Bertz CT molecular complexity index is 364. The fraction of sp³-hybridized carbons (Fsp3) is 0.615. The minimum Gasteiger partial charge on any atom is -0.472 e. The lowest BCUT2D eigenvalue weighted by Crippen LogP contribution is -2.43. The highest BCUT2D eigenvalue weighted by molar-refractivity contribution is 5.78. The smallest absolute Gasteiger partial charge is 0.224 e. The number of piperidine rings is 1. The first-order valence-electron chi connectivity index (χ1n) is 6.51. The van der Waals surface area contributed by atoms with Gasteiger partial charge in [0.25, 0.3) is 0 Å². The van der Waals surface area contributed by atoms with Crippen LogP contribution in [0.3, 0.4) is 0 Å². The minimum atomic E-state index is 0.0946. The van der Waals surface area contributed by atoms with Crippen LogP contribution in [0.2, 0.25) is 0 Å². The van der Waals surface area contributed by atoms with E-state index in [2.05, 4.69) is 10.2 Å². The zero-order chi connectivity index (χ0) is 12.8. The Morgan fingerprint density at radius 3 is 3.22 bits per heavy atom. The summed E-state index contributed by atoms with van der Waals surface area (Å²) in [4.78, 5) is 14.2. The topological polar surface area (TPSA) is 71.5 Å². The van der Waals surface area contributed by atoms with Crippen molar-refractivity contribution in [1.82, 2.24) is 10.2 Å². The SMILES string of the molecule is NCCNC(=O)C1CCCN(Cc2ccoc2)C1. The lowest BCUT2D eigenvalue weighted by molar-refractivity contribution is -0.126. The van der Waals surface area contributed by atoms with Crippen LogP contribution in [-0.2, 0) is 11.3 Å². The Balaban J connectivity index is 1.82. The van der Waals surface area contributed by atoms with Crippen LogP contribution in [0, 0.1) is 5.92 Å². The second-order valence-electron chi connectivity index (χ2n) is 4.79. The molecule has 100 valence electrons. The minimum absolute atomic E-state index is 0.0946. The highest BCUT2D eigenvalue weighted by Crippen LogP contribution is 2.18. The molecular weight excluding hydrogens is 230 g/mol. The van der Waals surface area contributed by atoms with Crippen LogP contribution in [0.5, 0.6) is 0 Å². The molecule has 2 heterocycles. The van der Waals surface area contributed by atoms with Crippen molar-refractivity contribution >= 4 is 5.91 Å². The van der Waals surface area contributed by atoms with E-state index in [-0.39, 0.29) is 11.8 Å². The van der Waals surface area contributed by atoms with E-state index in [1.54, 1.807) is 12.5 Å². The summed E-state index contributed by atoms with van der Waals surface area (Å²) < 4.78 is 5.06. The zero-order valence-electron chi connectivity index (χ0n) is 10.6. The van der Waals surface area contributed by atoms with E-state index in [1.165, 1.54) is 0 Å². The van der Waals surface area contributed by atoms with Gasteiger partial charge in [0.05, 0.1) is 18.4 Å². The first kappa shape index (κ1) is 13.1. The van der Waals surface area contributed by atoms with E-state index in [9.17, 15) is 4.79 Å². The van der Waals surface area contributed by atoms with E-state index >= 15 is 0 Å². The maximum Gasteiger partial charge on any atom is 0.224 e. The normalized spacial score (nSPS) is 20.8. The van der Waals surface area contributed by atoms with Gasteiger partial charge in [0.15, 0.2) is 0 Å². The molecular formula is C13H21N3O2. The van der Waals surface area contributed by atoms with Crippen LogP contribution in [0.15, 0.2) is 23.0 Å². The van der Waals surface area contributed by atoms with Crippen LogP contribution in [0.4, 0.5) is 0 Å². The number of nitrogens with zero attached hydrogens (tertiary/aromatic N) is 1. The molecule has 0 aliphatic carbocycles. The van der Waals surface area contributed by atoms with Crippen molar-refractivity contribution in [2.45, 2.75) is 19.4 Å². The third-order valence-corrected chi connectivity index (χ3v) is 3.31. The van der Waals surface area contributed by atoms with E-state index in [4.69, 9.17) is 10.2 Å². The van der Waals surface area contributed by atoms with Gasteiger partial charge in [-0.1, -0.05) is 0 Å². The summed E-state index contributed by atoms with van der Waals surface area (Å²) in [6.45, 7) is 3.79. The van der Waals surface area contributed by atoms with Crippen molar-refractivity contribution in [1.29, 1.82) is 0 Å². The van der Waals surface area contributed by atoms with Crippen LogP contribution in [0.25, 0.3) is 0 Å². The van der Waals surface area contributed by atoms with Crippen molar-refractivity contribution in [2.75, 3.05) is 26.2 Å². The standard InChI is InChI=1S/C13H21N3O2/c14-4-5-15-13(17)12-2-1-6-16(9-12)8-11-3-7-18-10-11/h3,7,10,12H,1-2,4-6,8-9,14H2,(H,15,17). The van der Waals surface area contributed by atoms with Gasteiger partial charge in [-0.2, -0.15) is 0 Å². The van der Waals surface area contributed by atoms with Gasteiger partial charge in [-0.05, 0) is 25.5 Å². The van der Waals surface area contributed by atoms with E-state index in [1.807, 2.05) is 6.07 Å². The molecule has 1 amide bonds. The largest absolute Gasteiger partial charge is 0.472 e. The maximum atomic E-state index is 11.9. The molecule has 1 unspecified atom stereocenters. The molecule has 3 N–H and O–H groups in total. The second kappa shape index (κ2) is 6.56. The summed E-state index contributed by atoms with van der Waals surface area (Å²) in [5, 5.41) is 2.87. The fourth-order valence-electron chi connectivity index (χ4n) is 2.39. The van der Waals surface area contributed by atoms with Crippen molar-refractivity contribution in [2.24, 2.45) is 11.7 Å². The summed E-state index contributed by atoms with van der Waals surface area (Å²) >= 11 is 0. The lowest BCUT2D eigenvalue weighted by Gasteiger charge is -2.31. The quantitative estimate of drug-likeness (QED) is 0.802. The summed E-state index contributed by atoms with van der Waals surface area (Å²) in [6.07, 6.45) is 5.49. The molecule has 18 heavy (non-hydrogen) atoms. The summed E-state index contributed by atoms with van der Waals surface area (Å²) in [5.41, 5.74) is 6.55. The Hall–Kier alpha value is -1.33. The molecule has 0 radical (unpaired) electrons. The van der Waals surface area contributed by atoms with Gasteiger partial charge in [-0.15, -0.1) is 0 Å². The van der Waals surface area contributed by atoms with Gasteiger partial charge in [0.1, 0.15) is 0 Å². The molecule has 1 fully saturated rings. The summed E-state index contributed by atoms with van der Waals surface area (Å²) in [5.74, 6) is 0.231. The van der Waals surface area contributed by atoms with Crippen LogP contribution in [0.1, 0.15) is 18.4 Å². The van der Waals surface area contributed by atoms with E-state index < -0.39 is 0 Å². The molecule has 1 aromatic rings. The monoisotopic (exact) mass is 251 g/mol. The number of hydrogen-bond donors (Lipinski definition) is 2. The molecule has 0 saturated carbocycles. The van der Waals surface area contributed by atoms with Gasteiger partial charge in [0.2, 0.25) is 5.91 Å². The van der Waals surface area contributed by atoms with Crippen LogP contribution < -0.4 is 11.1 Å². The molecule has 1 aliphatic rings. The first-order valence-corrected chi connectivity index (χ1v) is 6.51. The highest BCUT2D eigenvalue weighted by atomic mass is 16.3. The third-order valence-electron chi connectivity index (χ3n) is 3.31. The molecule has 1 atom stereocenters. The lowest BCUT2D eigenvalue weighted by atomic mass is 9.97. The maximum absolute atomic E-state index is 11.9. The number of amides is 1. The predicted octanol–water partition coefficient (Wildman–Crippen LogP) is 0.567. The fourth-order valence-corrected chi connectivity index (χ4v) is 2.39. The average molecular weight is 251 g/mol.